The fourth-order valence-corrected chi connectivity index (χ4v) is 3.40. The van der Waals surface area contributed by atoms with E-state index >= 15 is 0 Å². The zero-order chi connectivity index (χ0) is 20.4. The topological polar surface area (TPSA) is 85.2 Å². The Bertz CT molecular complexity index is 1010. The maximum absolute atomic E-state index is 12.4. The number of benzene rings is 1. The molecule has 1 aliphatic rings. The van der Waals surface area contributed by atoms with Gasteiger partial charge in [-0.3, -0.25) is 4.79 Å². The zero-order valence-corrected chi connectivity index (χ0v) is 16.8. The minimum Gasteiger partial charge on any atom is -0.497 e. The maximum atomic E-state index is 12.4. The van der Waals surface area contributed by atoms with E-state index in [1.165, 1.54) is 6.33 Å². The van der Waals surface area contributed by atoms with E-state index in [1.807, 2.05) is 50.2 Å². The Balaban J connectivity index is 1.33. The zero-order valence-electron chi connectivity index (χ0n) is 16.8. The summed E-state index contributed by atoms with van der Waals surface area (Å²) in [5.74, 6) is 2.36. The number of rotatable bonds is 6. The average Bonchev–Trinajstić information content (AvgIpc) is 3.04. The summed E-state index contributed by atoms with van der Waals surface area (Å²) in [7, 11) is 1.64. The molecule has 0 spiro atoms. The Morgan fingerprint density at radius 2 is 1.86 bits per heavy atom. The molecule has 3 heterocycles. The lowest BCUT2D eigenvalue weighted by molar-refractivity contribution is -0.125. The molecule has 8 nitrogen and oxygen atoms in total. The van der Waals surface area contributed by atoms with E-state index in [4.69, 9.17) is 4.74 Å². The van der Waals surface area contributed by atoms with Crippen molar-refractivity contribution in [3.05, 3.63) is 59.7 Å². The molecule has 1 aromatic carbocycles. The SMILES string of the molecule is COc1ccc(CNC(=O)C2CN(c3cc(-n4nc(C)cc4C)ncn3)C2)cc1. The number of hydrogen-bond donors (Lipinski definition) is 1. The normalized spacial score (nSPS) is 13.8. The Morgan fingerprint density at radius 3 is 2.52 bits per heavy atom. The monoisotopic (exact) mass is 392 g/mol. The van der Waals surface area contributed by atoms with Gasteiger partial charge in [-0.2, -0.15) is 5.10 Å². The van der Waals surface area contributed by atoms with Gasteiger partial charge >= 0.3 is 0 Å². The molecule has 1 N–H and O–H groups in total. The third-order valence-corrected chi connectivity index (χ3v) is 5.07. The van der Waals surface area contributed by atoms with Crippen molar-refractivity contribution in [2.24, 2.45) is 5.92 Å². The molecule has 8 heteroatoms. The smallest absolute Gasteiger partial charge is 0.226 e. The maximum Gasteiger partial charge on any atom is 0.226 e. The molecule has 0 unspecified atom stereocenters. The van der Waals surface area contributed by atoms with E-state index in [1.54, 1.807) is 11.8 Å². The molecular weight excluding hydrogens is 368 g/mol. The van der Waals surface area contributed by atoms with Gasteiger partial charge in [0.25, 0.3) is 0 Å². The van der Waals surface area contributed by atoms with Crippen LogP contribution >= 0.6 is 0 Å². The van der Waals surface area contributed by atoms with Gasteiger partial charge in [0.15, 0.2) is 5.82 Å². The fourth-order valence-electron chi connectivity index (χ4n) is 3.40. The molecule has 29 heavy (non-hydrogen) atoms. The minimum atomic E-state index is -0.0413. The molecule has 0 saturated carbocycles. The van der Waals surface area contributed by atoms with Crippen molar-refractivity contribution in [2.45, 2.75) is 20.4 Å². The van der Waals surface area contributed by atoms with Gasteiger partial charge in [-0.1, -0.05) is 12.1 Å². The molecule has 3 aromatic rings. The quantitative estimate of drug-likeness (QED) is 0.691. The first-order chi connectivity index (χ1) is 14.0. The number of aromatic nitrogens is 4. The van der Waals surface area contributed by atoms with Crippen LogP contribution in [0.25, 0.3) is 5.82 Å². The molecule has 1 fully saturated rings. The van der Waals surface area contributed by atoms with Gasteiger partial charge in [-0.05, 0) is 37.6 Å². The molecule has 0 radical (unpaired) electrons. The summed E-state index contributed by atoms with van der Waals surface area (Å²) in [4.78, 5) is 23.2. The van der Waals surface area contributed by atoms with E-state index in [-0.39, 0.29) is 11.8 Å². The lowest BCUT2D eigenvalue weighted by atomic mass is 9.99. The number of methoxy groups -OCH3 is 1. The van der Waals surface area contributed by atoms with Crippen molar-refractivity contribution in [2.75, 3.05) is 25.1 Å². The molecule has 4 rings (SSSR count). The third kappa shape index (κ3) is 4.06. The summed E-state index contributed by atoms with van der Waals surface area (Å²) in [6, 6.07) is 11.6. The van der Waals surface area contributed by atoms with Crippen molar-refractivity contribution in [3.8, 4) is 11.6 Å². The summed E-state index contributed by atoms with van der Waals surface area (Å²) in [5, 5.41) is 7.47. The van der Waals surface area contributed by atoms with Crippen molar-refractivity contribution in [3.63, 3.8) is 0 Å². The van der Waals surface area contributed by atoms with Gasteiger partial charge in [-0.25, -0.2) is 14.6 Å². The van der Waals surface area contributed by atoms with Gasteiger partial charge in [0.2, 0.25) is 5.91 Å². The second kappa shape index (κ2) is 7.90. The highest BCUT2D eigenvalue weighted by molar-refractivity contribution is 5.81. The Hall–Kier alpha value is -3.42. The van der Waals surface area contributed by atoms with Crippen molar-refractivity contribution in [1.82, 2.24) is 25.1 Å². The number of ether oxygens (including phenoxy) is 1. The second-order valence-electron chi connectivity index (χ2n) is 7.24. The number of nitrogens with zero attached hydrogens (tertiary/aromatic N) is 5. The number of aryl methyl sites for hydroxylation is 2. The van der Waals surface area contributed by atoms with Gasteiger partial charge in [0.05, 0.1) is 18.7 Å². The van der Waals surface area contributed by atoms with Crippen molar-refractivity contribution in [1.29, 1.82) is 0 Å². The summed E-state index contributed by atoms with van der Waals surface area (Å²) in [6.07, 6.45) is 1.54. The Kier molecular flexibility index (Phi) is 5.16. The number of hydrogen-bond acceptors (Lipinski definition) is 6. The highest BCUT2D eigenvalue weighted by Crippen LogP contribution is 2.24. The summed E-state index contributed by atoms with van der Waals surface area (Å²) in [5.41, 5.74) is 3.01. The van der Waals surface area contributed by atoms with Crippen LogP contribution in [0.15, 0.2) is 42.7 Å². The predicted octanol–water partition coefficient (Wildman–Crippen LogP) is 2.04. The lowest BCUT2D eigenvalue weighted by Crippen LogP contribution is -2.54. The molecule has 1 amide bonds. The molecule has 0 aliphatic carbocycles. The Morgan fingerprint density at radius 1 is 1.14 bits per heavy atom. The molecule has 1 saturated heterocycles. The predicted molar refractivity (Wildman–Crippen MR) is 109 cm³/mol. The van der Waals surface area contributed by atoms with Gasteiger partial charge < -0.3 is 15.0 Å². The first-order valence-electron chi connectivity index (χ1n) is 9.55. The molecule has 2 aromatic heterocycles. The van der Waals surface area contributed by atoms with Crippen LogP contribution in [-0.2, 0) is 11.3 Å². The van der Waals surface area contributed by atoms with Crippen LogP contribution in [0.1, 0.15) is 17.0 Å². The van der Waals surface area contributed by atoms with Crippen molar-refractivity contribution >= 4 is 11.7 Å². The highest BCUT2D eigenvalue weighted by Gasteiger charge is 2.33. The summed E-state index contributed by atoms with van der Waals surface area (Å²) < 4.78 is 6.95. The third-order valence-electron chi connectivity index (χ3n) is 5.07. The van der Waals surface area contributed by atoms with Gasteiger partial charge in [-0.15, -0.1) is 0 Å². The number of amides is 1. The number of carbonyl (C=O) groups is 1. The van der Waals surface area contributed by atoms with Crippen molar-refractivity contribution < 1.29 is 9.53 Å². The second-order valence-corrected chi connectivity index (χ2v) is 7.24. The van der Waals surface area contributed by atoms with Crippen LogP contribution in [0.3, 0.4) is 0 Å². The molecule has 150 valence electrons. The highest BCUT2D eigenvalue weighted by atomic mass is 16.5. The number of carbonyl (C=O) groups excluding carboxylic acids is 1. The van der Waals surface area contributed by atoms with Gasteiger partial charge in [0.1, 0.15) is 17.9 Å². The molecule has 0 atom stereocenters. The fraction of sp³-hybridized carbons (Fsp3) is 0.333. The molecule has 0 bridgehead atoms. The van der Waals surface area contributed by atoms with E-state index in [0.29, 0.717) is 19.6 Å². The first-order valence-corrected chi connectivity index (χ1v) is 9.55. The van der Waals surface area contributed by atoms with Crippen LogP contribution < -0.4 is 15.0 Å². The standard InChI is InChI=1S/C21H24N6O2/c1-14-8-15(2)27(25-14)20-9-19(23-13-24-20)26-11-17(12-26)21(28)22-10-16-4-6-18(29-3)7-5-16/h4-9,13,17H,10-12H2,1-3H3,(H,22,28). The van der Waals surface area contributed by atoms with Crippen LogP contribution in [0.2, 0.25) is 0 Å². The number of anilines is 1. The molecule has 1 aliphatic heterocycles. The average molecular weight is 392 g/mol. The lowest BCUT2D eigenvalue weighted by Gasteiger charge is -2.39. The first kappa shape index (κ1) is 18.9. The van der Waals surface area contributed by atoms with Crippen LogP contribution in [0.5, 0.6) is 5.75 Å². The largest absolute Gasteiger partial charge is 0.497 e. The summed E-state index contributed by atoms with van der Waals surface area (Å²) >= 11 is 0. The molecular formula is C21H24N6O2. The summed E-state index contributed by atoms with van der Waals surface area (Å²) in [6.45, 7) is 5.74. The Labute approximate surface area is 169 Å². The van der Waals surface area contributed by atoms with Crippen LogP contribution in [-0.4, -0.2) is 45.9 Å². The van der Waals surface area contributed by atoms with Gasteiger partial charge in [0, 0.05) is 31.4 Å². The van der Waals surface area contributed by atoms with Crippen LogP contribution in [0.4, 0.5) is 5.82 Å². The van der Waals surface area contributed by atoms with Crippen LogP contribution in [0, 0.1) is 19.8 Å². The van der Waals surface area contributed by atoms with E-state index in [2.05, 4.69) is 25.3 Å². The van der Waals surface area contributed by atoms with E-state index in [0.717, 1.165) is 34.3 Å². The van der Waals surface area contributed by atoms with E-state index in [9.17, 15) is 4.79 Å². The minimum absolute atomic E-state index is 0.0413. The van der Waals surface area contributed by atoms with E-state index < -0.39 is 0 Å². The number of nitrogens with one attached hydrogen (secondary N) is 1.